The quantitative estimate of drug-likeness (QED) is 0.251. The van der Waals surface area contributed by atoms with E-state index in [1.54, 1.807) is 6.07 Å². The van der Waals surface area contributed by atoms with Gasteiger partial charge < -0.3 is 18.9 Å². The summed E-state index contributed by atoms with van der Waals surface area (Å²) in [5, 5.41) is 0. The number of aryl methyl sites for hydroxylation is 1. The molecule has 45 heavy (non-hydrogen) atoms. The average molecular weight is 614 g/mol. The van der Waals surface area contributed by atoms with Crippen LogP contribution in [0.3, 0.4) is 0 Å². The Morgan fingerprint density at radius 2 is 1.84 bits per heavy atom. The maximum Gasteiger partial charge on any atom is 0.145 e. The molecule has 0 bridgehead atoms. The molecule has 240 valence electrons. The standard InChI is InChI=1S/C39H48FNO4/c1-4-5-33(42-22-31-23-44-38-25(3)21-43-39(31)38)20-36-24(2)18-35(40)37(41-36)29-9-6-26(7-10-29)27-12-15-32(16-13-27)45-34-17-14-28-8-11-30(28)19-34/h6-7,9,12-13,15-16,18,20,25,28-31,34,38-39H,4-5,8,10-11,14,17,19,21-23H2,1-3H3/b33-20+/t25-,28?,29?,30?,31?,34?,38-,39?/m1/s1. The largest absolute Gasteiger partial charge is 0.497 e. The van der Waals surface area contributed by atoms with E-state index in [4.69, 9.17) is 23.9 Å². The molecule has 8 atom stereocenters. The molecule has 6 unspecified atom stereocenters. The monoisotopic (exact) mass is 613 g/mol. The van der Waals surface area contributed by atoms with Gasteiger partial charge in [0.15, 0.2) is 0 Å². The number of halogens is 1. The van der Waals surface area contributed by atoms with E-state index in [0.717, 1.165) is 65.2 Å². The Bertz CT molecular complexity index is 1450. The highest BCUT2D eigenvalue weighted by Crippen LogP contribution is 2.45. The van der Waals surface area contributed by atoms with Crippen LogP contribution >= 0.6 is 0 Å². The third kappa shape index (κ3) is 6.64. The molecule has 0 amide bonds. The smallest absolute Gasteiger partial charge is 0.145 e. The molecule has 3 heterocycles. The van der Waals surface area contributed by atoms with Crippen molar-refractivity contribution in [2.45, 2.75) is 96.4 Å². The molecule has 2 aliphatic heterocycles. The summed E-state index contributed by atoms with van der Waals surface area (Å²) in [5.74, 6) is 3.96. The molecule has 1 aromatic heterocycles. The van der Waals surface area contributed by atoms with Gasteiger partial charge in [-0.3, -0.25) is 0 Å². The summed E-state index contributed by atoms with van der Waals surface area (Å²) < 4.78 is 40.0. The first-order chi connectivity index (χ1) is 21.9. The van der Waals surface area contributed by atoms with Gasteiger partial charge in [-0.25, -0.2) is 9.37 Å². The molecule has 0 radical (unpaired) electrons. The molecular weight excluding hydrogens is 565 g/mol. The van der Waals surface area contributed by atoms with Crippen molar-refractivity contribution < 1.29 is 23.3 Å². The van der Waals surface area contributed by atoms with Crippen LogP contribution in [0.2, 0.25) is 0 Å². The number of hydrogen-bond donors (Lipinski definition) is 0. The molecule has 2 saturated carbocycles. The number of aromatic nitrogens is 1. The highest BCUT2D eigenvalue weighted by atomic mass is 19.1. The maximum absolute atomic E-state index is 15.3. The first-order valence-corrected chi connectivity index (χ1v) is 17.3. The second-order valence-corrected chi connectivity index (χ2v) is 14.1. The fourth-order valence-electron chi connectivity index (χ4n) is 7.97. The summed E-state index contributed by atoms with van der Waals surface area (Å²) in [6.45, 7) is 8.21. The third-order valence-electron chi connectivity index (χ3n) is 10.9. The van der Waals surface area contributed by atoms with Crippen molar-refractivity contribution in [3.63, 3.8) is 0 Å². The van der Waals surface area contributed by atoms with Crippen LogP contribution in [0.1, 0.15) is 93.6 Å². The SMILES string of the molecule is CCC/C(=C\c1nc(C2C=CC(c3ccc(OC4CCC5CCC5C4)cc3)=CC2)c(F)cc1C)OCC1CO[C@H]2C1OC[C@H]2C. The lowest BCUT2D eigenvalue weighted by atomic mass is 9.65. The van der Waals surface area contributed by atoms with E-state index >= 15 is 4.39 Å². The molecule has 4 fully saturated rings. The van der Waals surface area contributed by atoms with Crippen molar-refractivity contribution in [3.05, 3.63) is 82.7 Å². The van der Waals surface area contributed by atoms with E-state index in [9.17, 15) is 0 Å². The molecule has 0 spiro atoms. The summed E-state index contributed by atoms with van der Waals surface area (Å²) in [6.07, 6.45) is 18.0. The van der Waals surface area contributed by atoms with Crippen LogP contribution in [0, 0.1) is 36.4 Å². The van der Waals surface area contributed by atoms with Crippen molar-refractivity contribution in [3.8, 4) is 5.75 Å². The fourth-order valence-corrected chi connectivity index (χ4v) is 7.97. The molecule has 7 rings (SSSR count). The number of hydrogen-bond acceptors (Lipinski definition) is 5. The minimum atomic E-state index is -0.256. The third-order valence-corrected chi connectivity index (χ3v) is 10.9. The van der Waals surface area contributed by atoms with Gasteiger partial charge in [0.1, 0.15) is 11.6 Å². The van der Waals surface area contributed by atoms with Gasteiger partial charge >= 0.3 is 0 Å². The first-order valence-electron chi connectivity index (χ1n) is 17.3. The second-order valence-electron chi connectivity index (χ2n) is 14.1. The van der Waals surface area contributed by atoms with E-state index in [-0.39, 0.29) is 29.9 Å². The van der Waals surface area contributed by atoms with Crippen LogP contribution in [-0.4, -0.2) is 43.1 Å². The Morgan fingerprint density at radius 3 is 2.58 bits per heavy atom. The van der Waals surface area contributed by atoms with Crippen LogP contribution < -0.4 is 4.74 Å². The first kappa shape index (κ1) is 30.7. The molecule has 5 aliphatic rings. The zero-order valence-electron chi connectivity index (χ0n) is 27.1. The van der Waals surface area contributed by atoms with Gasteiger partial charge in [-0.15, -0.1) is 0 Å². The van der Waals surface area contributed by atoms with Crippen molar-refractivity contribution in [2.75, 3.05) is 19.8 Å². The minimum Gasteiger partial charge on any atom is -0.497 e. The van der Waals surface area contributed by atoms with Crippen LogP contribution in [0.5, 0.6) is 5.75 Å². The zero-order valence-corrected chi connectivity index (χ0v) is 27.1. The lowest BCUT2D eigenvalue weighted by Crippen LogP contribution is -2.37. The second kappa shape index (κ2) is 13.4. The summed E-state index contributed by atoms with van der Waals surface area (Å²) in [6, 6.07) is 10.1. The van der Waals surface area contributed by atoms with Crippen LogP contribution in [0.15, 0.2) is 54.3 Å². The van der Waals surface area contributed by atoms with Crippen LogP contribution in [0.25, 0.3) is 11.6 Å². The number of nitrogens with zero attached hydrogens (tertiary/aromatic N) is 1. The Balaban J connectivity index is 0.990. The van der Waals surface area contributed by atoms with Gasteiger partial charge in [0.2, 0.25) is 0 Å². The molecule has 0 N–H and O–H groups in total. The molecule has 2 aromatic rings. The van der Waals surface area contributed by atoms with Crippen molar-refractivity contribution in [2.24, 2.45) is 23.7 Å². The number of ether oxygens (including phenoxy) is 4. The zero-order chi connectivity index (χ0) is 30.9. The van der Waals surface area contributed by atoms with Gasteiger partial charge in [-0.2, -0.15) is 0 Å². The van der Waals surface area contributed by atoms with E-state index in [2.05, 4.69) is 56.3 Å². The minimum absolute atomic E-state index is 0.110. The van der Waals surface area contributed by atoms with Gasteiger partial charge in [-0.05, 0) is 98.6 Å². The van der Waals surface area contributed by atoms with Crippen molar-refractivity contribution in [1.82, 2.24) is 4.98 Å². The van der Waals surface area contributed by atoms with Crippen molar-refractivity contribution in [1.29, 1.82) is 0 Å². The van der Waals surface area contributed by atoms with E-state index < -0.39 is 0 Å². The Hall–Kier alpha value is -2.96. The lowest BCUT2D eigenvalue weighted by Gasteiger charge is -2.43. The fraction of sp³-hybridized carbons (Fsp3) is 0.564. The Labute approximate surface area is 267 Å². The average Bonchev–Trinajstić information content (AvgIpc) is 3.61. The topological polar surface area (TPSA) is 49.8 Å². The van der Waals surface area contributed by atoms with Crippen LogP contribution in [0.4, 0.5) is 4.39 Å². The van der Waals surface area contributed by atoms with E-state index in [0.29, 0.717) is 37.4 Å². The summed E-state index contributed by atoms with van der Waals surface area (Å²) in [5.41, 5.74) is 4.37. The summed E-state index contributed by atoms with van der Waals surface area (Å²) in [7, 11) is 0. The molecular formula is C39H48FNO4. The predicted molar refractivity (Wildman–Crippen MR) is 175 cm³/mol. The van der Waals surface area contributed by atoms with Crippen LogP contribution in [-0.2, 0) is 14.2 Å². The highest BCUT2D eigenvalue weighted by molar-refractivity contribution is 5.75. The van der Waals surface area contributed by atoms with Crippen molar-refractivity contribution >= 4 is 11.6 Å². The number of fused-ring (bicyclic) bond motifs is 2. The predicted octanol–water partition coefficient (Wildman–Crippen LogP) is 8.82. The Morgan fingerprint density at radius 1 is 1.04 bits per heavy atom. The number of rotatable bonds is 10. The molecule has 5 nitrogen and oxygen atoms in total. The van der Waals surface area contributed by atoms with Gasteiger partial charge in [0.25, 0.3) is 0 Å². The van der Waals surface area contributed by atoms with Gasteiger partial charge in [-0.1, -0.05) is 44.2 Å². The summed E-state index contributed by atoms with van der Waals surface area (Å²) in [4.78, 5) is 4.86. The number of benzene rings is 1. The molecule has 6 heteroatoms. The molecule has 2 saturated heterocycles. The van der Waals surface area contributed by atoms with E-state index in [1.807, 2.05) is 13.0 Å². The summed E-state index contributed by atoms with van der Waals surface area (Å²) >= 11 is 0. The number of allylic oxidation sites excluding steroid dienone is 5. The highest BCUT2D eigenvalue weighted by Gasteiger charge is 2.46. The maximum atomic E-state index is 15.3. The van der Waals surface area contributed by atoms with Gasteiger partial charge in [0, 0.05) is 30.3 Å². The molecule has 1 aromatic carbocycles. The van der Waals surface area contributed by atoms with Gasteiger partial charge in [0.05, 0.1) is 55.3 Å². The van der Waals surface area contributed by atoms with E-state index in [1.165, 1.54) is 32.1 Å². The number of pyridine rings is 1. The normalized spacial score (nSPS) is 32.4. The molecule has 3 aliphatic carbocycles. The Kier molecular flexibility index (Phi) is 9.14. The lowest BCUT2D eigenvalue weighted by molar-refractivity contribution is 0.0316.